The van der Waals surface area contributed by atoms with Crippen LogP contribution < -0.4 is 5.32 Å². The summed E-state index contributed by atoms with van der Waals surface area (Å²) < 4.78 is 7.38. The number of furan rings is 1. The molecule has 3 heterocycles. The first kappa shape index (κ1) is 18.3. The van der Waals surface area contributed by atoms with Crippen molar-refractivity contribution in [3.8, 4) is 11.1 Å². The Hall–Kier alpha value is -3.71. The van der Waals surface area contributed by atoms with Crippen LogP contribution >= 0.6 is 0 Å². The van der Waals surface area contributed by atoms with E-state index in [0.717, 1.165) is 39.9 Å². The van der Waals surface area contributed by atoms with Gasteiger partial charge in [-0.05, 0) is 42.9 Å². The van der Waals surface area contributed by atoms with Gasteiger partial charge in [-0.2, -0.15) is 0 Å². The molecule has 5 rings (SSSR count). The molecule has 7 heteroatoms. The van der Waals surface area contributed by atoms with Crippen molar-refractivity contribution in [3.05, 3.63) is 78.4 Å². The van der Waals surface area contributed by atoms with Gasteiger partial charge in [0.05, 0.1) is 6.26 Å². The Bertz CT molecular complexity index is 1300. The number of nitrogens with one attached hydrogen (secondary N) is 1. The lowest BCUT2D eigenvalue weighted by Gasteiger charge is -2.12. The van der Waals surface area contributed by atoms with Gasteiger partial charge in [-0.1, -0.05) is 36.4 Å². The molecule has 0 bridgehead atoms. The quantitative estimate of drug-likeness (QED) is 0.462. The molecule has 7 nitrogen and oxygen atoms in total. The van der Waals surface area contributed by atoms with Crippen molar-refractivity contribution in [2.45, 2.75) is 13.1 Å². The standard InChI is InChI=1S/C23H22N6O/c1-28(2)14-16-6-8-17(9-7-16)20-13-25-23(29-15-26-27-22(20)29)24-12-18-4-3-5-21-19(18)10-11-30-21/h3-11,13,15H,12,14H2,1-2H3,(H,24,25). The lowest BCUT2D eigenvalue weighted by atomic mass is 10.1. The summed E-state index contributed by atoms with van der Waals surface area (Å²) in [5.74, 6) is 0.698. The van der Waals surface area contributed by atoms with Crippen LogP contribution in [0.2, 0.25) is 0 Å². The lowest BCUT2D eigenvalue weighted by molar-refractivity contribution is 0.402. The summed E-state index contributed by atoms with van der Waals surface area (Å²) in [5, 5.41) is 12.9. The van der Waals surface area contributed by atoms with Gasteiger partial charge in [0, 0.05) is 30.2 Å². The Morgan fingerprint density at radius 1 is 1.07 bits per heavy atom. The highest BCUT2D eigenvalue weighted by Gasteiger charge is 2.12. The van der Waals surface area contributed by atoms with Crippen molar-refractivity contribution in [2.75, 3.05) is 19.4 Å². The molecule has 0 saturated carbocycles. The van der Waals surface area contributed by atoms with Crippen LogP contribution in [0.15, 0.2) is 71.7 Å². The van der Waals surface area contributed by atoms with Crippen LogP contribution in [0, 0.1) is 0 Å². The van der Waals surface area contributed by atoms with E-state index in [1.165, 1.54) is 5.56 Å². The molecule has 0 fully saturated rings. The van der Waals surface area contributed by atoms with E-state index < -0.39 is 0 Å². The largest absolute Gasteiger partial charge is 0.464 e. The second-order valence-electron chi connectivity index (χ2n) is 7.56. The molecule has 3 aromatic heterocycles. The highest BCUT2D eigenvalue weighted by Crippen LogP contribution is 2.26. The van der Waals surface area contributed by atoms with Crippen molar-refractivity contribution in [2.24, 2.45) is 0 Å². The number of hydrogen-bond donors (Lipinski definition) is 1. The molecule has 1 N–H and O–H groups in total. The van der Waals surface area contributed by atoms with Crippen LogP contribution in [0.1, 0.15) is 11.1 Å². The second-order valence-corrected chi connectivity index (χ2v) is 7.56. The van der Waals surface area contributed by atoms with Gasteiger partial charge in [0.1, 0.15) is 11.9 Å². The highest BCUT2D eigenvalue weighted by molar-refractivity contribution is 5.81. The number of nitrogens with zero attached hydrogens (tertiary/aromatic N) is 5. The zero-order chi connectivity index (χ0) is 20.5. The van der Waals surface area contributed by atoms with Crippen molar-refractivity contribution >= 4 is 22.6 Å². The molecular formula is C23H22N6O. The molecule has 0 saturated heterocycles. The third-order valence-electron chi connectivity index (χ3n) is 5.12. The zero-order valence-electron chi connectivity index (χ0n) is 16.9. The van der Waals surface area contributed by atoms with Gasteiger partial charge in [0.15, 0.2) is 5.65 Å². The summed E-state index contributed by atoms with van der Waals surface area (Å²) >= 11 is 0. The van der Waals surface area contributed by atoms with Crippen molar-refractivity contribution in [3.63, 3.8) is 0 Å². The fourth-order valence-corrected chi connectivity index (χ4v) is 3.69. The van der Waals surface area contributed by atoms with E-state index >= 15 is 0 Å². The topological polar surface area (TPSA) is 71.5 Å². The summed E-state index contributed by atoms with van der Waals surface area (Å²) in [4.78, 5) is 6.80. The fraction of sp³-hybridized carbons (Fsp3) is 0.174. The second kappa shape index (κ2) is 7.61. The Kier molecular flexibility index (Phi) is 4.65. The molecule has 0 spiro atoms. The molecule has 0 radical (unpaired) electrons. The van der Waals surface area contributed by atoms with E-state index in [1.54, 1.807) is 12.6 Å². The van der Waals surface area contributed by atoms with Gasteiger partial charge in [-0.15, -0.1) is 10.2 Å². The van der Waals surface area contributed by atoms with E-state index in [2.05, 4.69) is 69.8 Å². The number of rotatable bonds is 6. The minimum atomic E-state index is 0.621. The Balaban J connectivity index is 1.43. The van der Waals surface area contributed by atoms with Gasteiger partial charge in [0.25, 0.3) is 0 Å². The number of hydrogen-bond acceptors (Lipinski definition) is 6. The van der Waals surface area contributed by atoms with Gasteiger partial charge in [0.2, 0.25) is 5.95 Å². The SMILES string of the molecule is CN(C)Cc1ccc(-c2cnc(NCc3cccc4occc34)n3cnnc23)cc1. The molecule has 0 aliphatic rings. The molecule has 0 aliphatic heterocycles. The average molecular weight is 398 g/mol. The molecule has 0 atom stereocenters. The molecule has 0 unspecified atom stereocenters. The smallest absolute Gasteiger partial charge is 0.210 e. The molecule has 0 amide bonds. The summed E-state index contributed by atoms with van der Waals surface area (Å²) in [6.07, 6.45) is 5.25. The molecule has 30 heavy (non-hydrogen) atoms. The Labute approximate surface area is 174 Å². The maximum absolute atomic E-state index is 5.49. The number of benzene rings is 2. The molecule has 5 aromatic rings. The fourth-order valence-electron chi connectivity index (χ4n) is 3.69. The lowest BCUT2D eigenvalue weighted by Crippen LogP contribution is -2.10. The van der Waals surface area contributed by atoms with E-state index in [9.17, 15) is 0 Å². The third-order valence-corrected chi connectivity index (χ3v) is 5.12. The van der Waals surface area contributed by atoms with Crippen molar-refractivity contribution < 1.29 is 4.42 Å². The van der Waals surface area contributed by atoms with E-state index in [-0.39, 0.29) is 0 Å². The monoisotopic (exact) mass is 398 g/mol. The van der Waals surface area contributed by atoms with Gasteiger partial charge in [-0.25, -0.2) is 4.98 Å². The first-order chi connectivity index (χ1) is 14.7. The van der Waals surface area contributed by atoms with Gasteiger partial charge >= 0.3 is 0 Å². The van der Waals surface area contributed by atoms with Crippen LogP contribution in [0.5, 0.6) is 0 Å². The minimum Gasteiger partial charge on any atom is -0.464 e. The van der Waals surface area contributed by atoms with E-state index in [4.69, 9.17) is 4.42 Å². The van der Waals surface area contributed by atoms with E-state index in [0.29, 0.717) is 12.5 Å². The minimum absolute atomic E-state index is 0.621. The summed E-state index contributed by atoms with van der Waals surface area (Å²) in [5.41, 5.74) is 6.08. The van der Waals surface area contributed by atoms with Crippen LogP contribution in [-0.2, 0) is 13.1 Å². The van der Waals surface area contributed by atoms with Crippen LogP contribution in [0.3, 0.4) is 0 Å². The predicted molar refractivity (Wildman–Crippen MR) is 117 cm³/mol. The Morgan fingerprint density at radius 2 is 1.93 bits per heavy atom. The normalized spacial score (nSPS) is 11.6. The number of anilines is 1. The number of fused-ring (bicyclic) bond motifs is 2. The highest BCUT2D eigenvalue weighted by atomic mass is 16.3. The average Bonchev–Trinajstić information content (AvgIpc) is 3.42. The van der Waals surface area contributed by atoms with Crippen molar-refractivity contribution in [1.82, 2.24) is 24.5 Å². The third kappa shape index (κ3) is 3.40. The number of aromatic nitrogens is 4. The van der Waals surface area contributed by atoms with Crippen LogP contribution in [0.4, 0.5) is 5.95 Å². The maximum Gasteiger partial charge on any atom is 0.210 e. The van der Waals surface area contributed by atoms with Crippen LogP contribution in [-0.4, -0.2) is 38.6 Å². The molecule has 0 aliphatic carbocycles. The molecule has 150 valence electrons. The predicted octanol–water partition coefficient (Wildman–Crippen LogP) is 4.21. The summed E-state index contributed by atoms with van der Waals surface area (Å²) in [6, 6.07) is 16.5. The maximum atomic E-state index is 5.49. The Morgan fingerprint density at radius 3 is 2.77 bits per heavy atom. The van der Waals surface area contributed by atoms with E-state index in [1.807, 2.05) is 28.8 Å². The van der Waals surface area contributed by atoms with Gasteiger partial charge < -0.3 is 14.6 Å². The van der Waals surface area contributed by atoms with Crippen LogP contribution in [0.25, 0.3) is 27.7 Å². The van der Waals surface area contributed by atoms with Crippen molar-refractivity contribution in [1.29, 1.82) is 0 Å². The van der Waals surface area contributed by atoms with Gasteiger partial charge in [-0.3, -0.25) is 4.40 Å². The molecule has 2 aromatic carbocycles. The first-order valence-corrected chi connectivity index (χ1v) is 9.81. The summed E-state index contributed by atoms with van der Waals surface area (Å²) in [7, 11) is 4.13. The first-order valence-electron chi connectivity index (χ1n) is 9.81. The summed E-state index contributed by atoms with van der Waals surface area (Å²) in [6.45, 7) is 1.53. The molecular weight excluding hydrogens is 376 g/mol. The zero-order valence-corrected chi connectivity index (χ0v) is 16.9.